The predicted molar refractivity (Wildman–Crippen MR) is 147 cm³/mol. The lowest BCUT2D eigenvalue weighted by atomic mass is 9.99. The molecule has 3 aromatic rings. The molecule has 0 bridgehead atoms. The molecule has 0 saturated carbocycles. The third kappa shape index (κ3) is 8.19. The van der Waals surface area contributed by atoms with E-state index in [1.54, 1.807) is 7.11 Å². The zero-order chi connectivity index (χ0) is 24.9. The van der Waals surface area contributed by atoms with E-state index in [4.69, 9.17) is 10.5 Å². The van der Waals surface area contributed by atoms with Gasteiger partial charge in [0.15, 0.2) is 0 Å². The monoisotopic (exact) mass is 457 g/mol. The second-order valence-electron chi connectivity index (χ2n) is 8.13. The van der Waals surface area contributed by atoms with Crippen molar-refractivity contribution in [2.24, 2.45) is 0 Å². The van der Waals surface area contributed by atoms with Crippen LogP contribution in [0.1, 0.15) is 61.8 Å². The zero-order valence-corrected chi connectivity index (χ0v) is 20.7. The van der Waals surface area contributed by atoms with Gasteiger partial charge in [-0.25, -0.2) is 0 Å². The van der Waals surface area contributed by atoms with Gasteiger partial charge in [-0.2, -0.15) is 0 Å². The summed E-state index contributed by atoms with van der Waals surface area (Å²) < 4.78 is 5.19. The Morgan fingerprint density at radius 2 is 0.971 bits per heavy atom. The maximum atomic E-state index is 5.79. The van der Waals surface area contributed by atoms with Crippen LogP contribution in [-0.2, 0) is 0 Å². The molecule has 0 aliphatic heterocycles. The molecule has 0 amide bonds. The largest absolute Gasteiger partial charge is 0.497 e. The Morgan fingerprint density at radius 1 is 0.600 bits per heavy atom. The van der Waals surface area contributed by atoms with Crippen LogP contribution < -0.4 is 10.5 Å². The van der Waals surface area contributed by atoms with Gasteiger partial charge in [0.2, 0.25) is 0 Å². The highest BCUT2D eigenvalue weighted by atomic mass is 16.5. The zero-order valence-electron chi connectivity index (χ0n) is 20.7. The minimum Gasteiger partial charge on any atom is -0.497 e. The van der Waals surface area contributed by atoms with Crippen molar-refractivity contribution in [2.75, 3.05) is 12.8 Å². The van der Waals surface area contributed by atoms with Gasteiger partial charge in [0.25, 0.3) is 0 Å². The molecular weight excluding hydrogens is 426 g/mol. The third-order valence-corrected chi connectivity index (χ3v) is 5.32. The summed E-state index contributed by atoms with van der Waals surface area (Å²) >= 11 is 0. The van der Waals surface area contributed by atoms with Crippen molar-refractivity contribution in [2.45, 2.75) is 39.5 Å². The Bertz CT molecular complexity index is 1330. The lowest BCUT2D eigenvalue weighted by molar-refractivity contribution is 0.415. The van der Waals surface area contributed by atoms with Crippen LogP contribution in [0.5, 0.6) is 5.75 Å². The standard InChI is InChI=1S/C33H31NO/c1-4-6-30(31(7-5-2)21-15-29-16-22-32(34)23-17-29)20-14-27-11-8-26(9-12-27)10-13-28-18-24-33(35-3)25-19-28/h8-9,11-12,16-19,22-25H,4-7,34H2,1-3H3. The highest BCUT2D eigenvalue weighted by Crippen LogP contribution is 2.16. The number of ether oxygens (including phenoxy) is 1. The molecule has 174 valence electrons. The smallest absolute Gasteiger partial charge is 0.118 e. The van der Waals surface area contributed by atoms with Crippen molar-refractivity contribution < 1.29 is 4.74 Å². The average molecular weight is 458 g/mol. The lowest BCUT2D eigenvalue weighted by Crippen LogP contribution is -1.90. The molecule has 3 rings (SSSR count). The summed E-state index contributed by atoms with van der Waals surface area (Å²) in [5, 5.41) is 0. The fraction of sp³-hybridized carbons (Fsp3) is 0.212. The highest BCUT2D eigenvalue weighted by molar-refractivity contribution is 5.52. The Labute approximate surface area is 210 Å². The van der Waals surface area contributed by atoms with Gasteiger partial charge in [-0.15, -0.1) is 0 Å². The fourth-order valence-electron chi connectivity index (χ4n) is 3.39. The van der Waals surface area contributed by atoms with Gasteiger partial charge in [-0.05, 0) is 85.6 Å². The van der Waals surface area contributed by atoms with E-state index in [9.17, 15) is 0 Å². The normalized spacial score (nSPS) is 10.5. The van der Waals surface area contributed by atoms with Gasteiger partial charge in [0.1, 0.15) is 5.75 Å². The molecule has 3 aromatic carbocycles. The maximum absolute atomic E-state index is 5.79. The molecule has 0 unspecified atom stereocenters. The Hall–Kier alpha value is -4.32. The minimum atomic E-state index is 0.746. The van der Waals surface area contributed by atoms with Crippen molar-refractivity contribution >= 4 is 5.69 Å². The molecule has 0 fully saturated rings. The molecule has 2 N–H and O–H groups in total. The van der Waals surface area contributed by atoms with Gasteiger partial charge in [0, 0.05) is 39.1 Å². The summed E-state index contributed by atoms with van der Waals surface area (Å²) in [5.41, 5.74) is 12.6. The van der Waals surface area contributed by atoms with Gasteiger partial charge in [0.05, 0.1) is 7.11 Å². The SMILES string of the molecule is CCCC(C#Cc1ccc(N)cc1)=C(C#Cc1ccc(C#Cc2ccc(OC)cc2)cc1)CCC. The molecular formula is C33H31NO. The maximum Gasteiger partial charge on any atom is 0.118 e. The summed E-state index contributed by atoms with van der Waals surface area (Å²) in [6.45, 7) is 4.35. The first-order valence-electron chi connectivity index (χ1n) is 12.0. The second-order valence-corrected chi connectivity index (χ2v) is 8.13. The molecule has 0 aromatic heterocycles. The van der Waals surface area contributed by atoms with Gasteiger partial charge >= 0.3 is 0 Å². The molecule has 0 atom stereocenters. The molecule has 0 saturated heterocycles. The summed E-state index contributed by atoms with van der Waals surface area (Å²) in [6.07, 6.45) is 3.90. The second kappa shape index (κ2) is 13.4. The number of methoxy groups -OCH3 is 1. The number of hydrogen-bond donors (Lipinski definition) is 1. The van der Waals surface area contributed by atoms with E-state index in [-0.39, 0.29) is 0 Å². The number of benzene rings is 3. The van der Waals surface area contributed by atoms with E-state index in [1.165, 1.54) is 0 Å². The molecule has 0 radical (unpaired) electrons. The van der Waals surface area contributed by atoms with Crippen molar-refractivity contribution in [1.82, 2.24) is 0 Å². The number of rotatable bonds is 5. The number of allylic oxidation sites excluding steroid dienone is 2. The van der Waals surface area contributed by atoms with E-state index in [1.807, 2.05) is 72.8 Å². The van der Waals surface area contributed by atoms with Crippen molar-refractivity contribution in [3.63, 3.8) is 0 Å². The van der Waals surface area contributed by atoms with Crippen molar-refractivity contribution in [1.29, 1.82) is 0 Å². The summed E-state index contributed by atoms with van der Waals surface area (Å²) in [6, 6.07) is 23.5. The van der Waals surface area contributed by atoms with E-state index in [0.717, 1.165) is 70.5 Å². The van der Waals surface area contributed by atoms with Crippen LogP contribution >= 0.6 is 0 Å². The predicted octanol–water partition coefficient (Wildman–Crippen LogP) is 6.98. The first-order valence-corrected chi connectivity index (χ1v) is 12.0. The van der Waals surface area contributed by atoms with E-state index in [2.05, 4.69) is 49.4 Å². The topological polar surface area (TPSA) is 35.2 Å². The molecule has 2 nitrogen and oxygen atoms in total. The van der Waals surface area contributed by atoms with Crippen LogP contribution in [0.4, 0.5) is 5.69 Å². The molecule has 0 heterocycles. The van der Waals surface area contributed by atoms with Gasteiger partial charge in [-0.1, -0.05) is 62.2 Å². The molecule has 0 aliphatic rings. The quantitative estimate of drug-likeness (QED) is 0.331. The van der Waals surface area contributed by atoms with E-state index < -0.39 is 0 Å². The number of nitrogens with two attached hydrogens (primary N) is 1. The number of hydrogen-bond acceptors (Lipinski definition) is 2. The Morgan fingerprint density at radius 3 is 1.37 bits per heavy atom. The highest BCUT2D eigenvalue weighted by Gasteiger charge is 2.02. The number of nitrogen functional groups attached to an aromatic ring is 1. The molecule has 0 aliphatic carbocycles. The average Bonchev–Trinajstić information content (AvgIpc) is 2.89. The first kappa shape index (κ1) is 25.3. The van der Waals surface area contributed by atoms with E-state index >= 15 is 0 Å². The molecule has 35 heavy (non-hydrogen) atoms. The summed E-state index contributed by atoms with van der Waals surface area (Å²) in [5.74, 6) is 20.6. The van der Waals surface area contributed by atoms with Crippen LogP contribution in [0.2, 0.25) is 0 Å². The van der Waals surface area contributed by atoms with E-state index in [0.29, 0.717) is 0 Å². The lowest BCUT2D eigenvalue weighted by Gasteiger charge is -2.04. The third-order valence-electron chi connectivity index (χ3n) is 5.32. The van der Waals surface area contributed by atoms with Crippen LogP contribution in [0.3, 0.4) is 0 Å². The summed E-state index contributed by atoms with van der Waals surface area (Å²) in [4.78, 5) is 0. The van der Waals surface area contributed by atoms with Crippen molar-refractivity contribution in [3.05, 3.63) is 106 Å². The number of anilines is 1. The van der Waals surface area contributed by atoms with Crippen LogP contribution in [-0.4, -0.2) is 7.11 Å². The molecule has 0 spiro atoms. The van der Waals surface area contributed by atoms with Crippen molar-refractivity contribution in [3.8, 4) is 41.3 Å². The van der Waals surface area contributed by atoms with Crippen LogP contribution in [0.25, 0.3) is 0 Å². The summed E-state index contributed by atoms with van der Waals surface area (Å²) in [7, 11) is 1.66. The molecule has 2 heteroatoms. The van der Waals surface area contributed by atoms with Crippen LogP contribution in [0, 0.1) is 35.5 Å². The Balaban J connectivity index is 1.81. The fourth-order valence-corrected chi connectivity index (χ4v) is 3.39. The Kier molecular flexibility index (Phi) is 9.69. The van der Waals surface area contributed by atoms with Gasteiger partial charge in [-0.3, -0.25) is 0 Å². The first-order chi connectivity index (χ1) is 17.1. The van der Waals surface area contributed by atoms with Crippen LogP contribution in [0.15, 0.2) is 83.9 Å². The van der Waals surface area contributed by atoms with Gasteiger partial charge < -0.3 is 10.5 Å². The minimum absolute atomic E-state index is 0.746.